The third kappa shape index (κ3) is 3.15. The number of aromatic nitrogens is 1. The summed E-state index contributed by atoms with van der Waals surface area (Å²) in [5.74, 6) is 0. The van der Waals surface area contributed by atoms with Gasteiger partial charge in [0.25, 0.3) is 0 Å². The van der Waals surface area contributed by atoms with Crippen LogP contribution in [0, 0.1) is 0 Å². The minimum atomic E-state index is 1.10. The fraction of sp³-hybridized carbons (Fsp3) is 0. The molecule has 3 rings (SSSR count). The minimum Gasteiger partial charge on any atom is -0.245 e. The van der Waals surface area contributed by atoms with E-state index in [1.54, 1.807) is 11.3 Å². The number of hydrogen-bond acceptors (Lipinski definition) is 2. The molecule has 0 saturated heterocycles. The van der Waals surface area contributed by atoms with Crippen LogP contribution < -0.4 is 0 Å². The largest absolute Gasteiger partial charge is 0.245 e. The minimum absolute atomic E-state index is 1.10. The van der Waals surface area contributed by atoms with Gasteiger partial charge in [-0.2, -0.15) is 0 Å². The predicted octanol–water partition coefficient (Wildman–Crippen LogP) is 4.75. The van der Waals surface area contributed by atoms with Gasteiger partial charge in [-0.1, -0.05) is 46.3 Å². The Morgan fingerprint density at radius 2 is 1.56 bits per heavy atom. The van der Waals surface area contributed by atoms with Crippen LogP contribution in [0.5, 0.6) is 0 Å². The SMILES string of the molecule is Brc1ccccc1.c1ccc2scnc2c1. The first kappa shape index (κ1) is 11.3. The first-order valence-corrected chi connectivity index (χ1v) is 6.52. The van der Waals surface area contributed by atoms with Crippen molar-refractivity contribution < 1.29 is 0 Å². The van der Waals surface area contributed by atoms with Crippen molar-refractivity contribution in [3.63, 3.8) is 0 Å². The van der Waals surface area contributed by atoms with E-state index in [1.807, 2.05) is 54.0 Å². The molecule has 0 bridgehead atoms. The van der Waals surface area contributed by atoms with Crippen molar-refractivity contribution in [2.75, 3.05) is 0 Å². The molecule has 0 unspecified atom stereocenters. The van der Waals surface area contributed by atoms with Gasteiger partial charge in [0.05, 0.1) is 15.7 Å². The number of para-hydroxylation sites is 1. The highest BCUT2D eigenvalue weighted by molar-refractivity contribution is 9.10. The predicted molar refractivity (Wildman–Crippen MR) is 73.8 cm³/mol. The summed E-state index contributed by atoms with van der Waals surface area (Å²) < 4.78 is 2.40. The lowest BCUT2D eigenvalue weighted by Gasteiger charge is -1.80. The van der Waals surface area contributed by atoms with Crippen LogP contribution in [0.25, 0.3) is 10.2 Å². The molecule has 0 N–H and O–H groups in total. The molecular formula is C13H10BrNS. The van der Waals surface area contributed by atoms with Gasteiger partial charge in [0, 0.05) is 4.47 Å². The smallest absolute Gasteiger partial charge is 0.0812 e. The Balaban J connectivity index is 0.000000125. The summed E-state index contributed by atoms with van der Waals surface area (Å²) in [6.07, 6.45) is 0. The molecule has 3 aromatic rings. The van der Waals surface area contributed by atoms with E-state index in [0.717, 1.165) is 9.99 Å². The molecule has 1 nitrogen and oxygen atoms in total. The molecule has 0 atom stereocenters. The molecule has 0 spiro atoms. The van der Waals surface area contributed by atoms with Crippen molar-refractivity contribution in [1.29, 1.82) is 0 Å². The quantitative estimate of drug-likeness (QED) is 0.583. The van der Waals surface area contributed by atoms with Gasteiger partial charge >= 0.3 is 0 Å². The van der Waals surface area contributed by atoms with Gasteiger partial charge in [-0.05, 0) is 24.3 Å². The van der Waals surface area contributed by atoms with E-state index in [-0.39, 0.29) is 0 Å². The van der Waals surface area contributed by atoms with Gasteiger partial charge in [0.2, 0.25) is 0 Å². The van der Waals surface area contributed by atoms with E-state index in [1.165, 1.54) is 4.70 Å². The molecule has 0 aliphatic carbocycles. The third-order valence-corrected chi connectivity index (χ3v) is 3.31. The first-order chi connectivity index (χ1) is 7.86. The molecule has 3 heteroatoms. The summed E-state index contributed by atoms with van der Waals surface area (Å²) in [4.78, 5) is 4.14. The molecule has 0 aliphatic heterocycles. The maximum Gasteiger partial charge on any atom is 0.0812 e. The zero-order valence-corrected chi connectivity index (χ0v) is 10.9. The van der Waals surface area contributed by atoms with Crippen molar-refractivity contribution in [3.8, 4) is 0 Å². The maximum atomic E-state index is 4.14. The second-order valence-electron chi connectivity index (χ2n) is 3.12. The van der Waals surface area contributed by atoms with E-state index in [9.17, 15) is 0 Å². The second kappa shape index (κ2) is 5.77. The van der Waals surface area contributed by atoms with Crippen molar-refractivity contribution in [1.82, 2.24) is 4.98 Å². The lowest BCUT2D eigenvalue weighted by molar-refractivity contribution is 1.50. The van der Waals surface area contributed by atoms with Gasteiger partial charge in [-0.15, -0.1) is 11.3 Å². The molecule has 0 saturated carbocycles. The van der Waals surface area contributed by atoms with Crippen molar-refractivity contribution in [2.45, 2.75) is 0 Å². The summed E-state index contributed by atoms with van der Waals surface area (Å²) >= 11 is 4.99. The van der Waals surface area contributed by atoms with Crippen LogP contribution in [0.3, 0.4) is 0 Å². The summed E-state index contributed by atoms with van der Waals surface area (Å²) in [6, 6.07) is 18.1. The number of thiazole rings is 1. The number of fused-ring (bicyclic) bond motifs is 1. The number of halogens is 1. The molecule has 0 amide bonds. The van der Waals surface area contributed by atoms with Crippen LogP contribution in [0.4, 0.5) is 0 Å². The molecule has 1 heterocycles. The van der Waals surface area contributed by atoms with E-state index in [0.29, 0.717) is 0 Å². The highest BCUT2D eigenvalue weighted by atomic mass is 79.9. The van der Waals surface area contributed by atoms with Crippen molar-refractivity contribution in [3.05, 3.63) is 64.6 Å². The zero-order valence-electron chi connectivity index (χ0n) is 8.51. The van der Waals surface area contributed by atoms with Crippen LogP contribution in [0.15, 0.2) is 64.6 Å². The molecule has 80 valence electrons. The van der Waals surface area contributed by atoms with Gasteiger partial charge in [-0.25, -0.2) is 4.98 Å². The molecule has 1 aromatic heterocycles. The van der Waals surface area contributed by atoms with Crippen LogP contribution in [-0.4, -0.2) is 4.98 Å². The Morgan fingerprint density at radius 1 is 0.875 bits per heavy atom. The molecule has 0 radical (unpaired) electrons. The van der Waals surface area contributed by atoms with Crippen LogP contribution in [-0.2, 0) is 0 Å². The summed E-state index contributed by atoms with van der Waals surface area (Å²) in [7, 11) is 0. The normalized spacial score (nSPS) is 9.56. The summed E-state index contributed by atoms with van der Waals surface area (Å²) in [5.41, 5.74) is 2.97. The Hall–Kier alpha value is -1.19. The summed E-state index contributed by atoms with van der Waals surface area (Å²) in [5, 5.41) is 0. The number of rotatable bonds is 0. The first-order valence-electron chi connectivity index (χ1n) is 4.85. The van der Waals surface area contributed by atoms with E-state index in [4.69, 9.17) is 0 Å². The van der Waals surface area contributed by atoms with Gasteiger partial charge < -0.3 is 0 Å². The molecule has 2 aromatic carbocycles. The third-order valence-electron chi connectivity index (χ3n) is 1.97. The number of benzene rings is 2. The Bertz CT molecular complexity index is 518. The van der Waals surface area contributed by atoms with Crippen molar-refractivity contribution in [2.24, 2.45) is 0 Å². The highest BCUT2D eigenvalue weighted by Gasteiger charge is 1.89. The van der Waals surface area contributed by atoms with Gasteiger partial charge in [0.1, 0.15) is 0 Å². The monoisotopic (exact) mass is 291 g/mol. The topological polar surface area (TPSA) is 12.9 Å². The average molecular weight is 292 g/mol. The number of nitrogens with zero attached hydrogens (tertiary/aromatic N) is 1. The Morgan fingerprint density at radius 3 is 2.19 bits per heavy atom. The van der Waals surface area contributed by atoms with E-state index < -0.39 is 0 Å². The standard InChI is InChI=1S/C7H5NS.C6H5Br/c1-2-4-7-6(3-1)8-5-9-7;7-6-4-2-1-3-5-6/h1-5H;1-5H. The van der Waals surface area contributed by atoms with Crippen LogP contribution >= 0.6 is 27.3 Å². The van der Waals surface area contributed by atoms with Crippen molar-refractivity contribution >= 4 is 37.5 Å². The summed E-state index contributed by atoms with van der Waals surface area (Å²) in [6.45, 7) is 0. The molecule has 0 aliphatic rings. The van der Waals surface area contributed by atoms with Gasteiger partial charge in [-0.3, -0.25) is 0 Å². The average Bonchev–Trinajstić information content (AvgIpc) is 2.79. The van der Waals surface area contributed by atoms with Crippen LogP contribution in [0.2, 0.25) is 0 Å². The number of hydrogen-bond donors (Lipinski definition) is 0. The highest BCUT2D eigenvalue weighted by Crippen LogP contribution is 2.15. The van der Waals surface area contributed by atoms with E-state index in [2.05, 4.69) is 27.0 Å². The second-order valence-corrected chi connectivity index (χ2v) is 4.92. The lowest BCUT2D eigenvalue weighted by Crippen LogP contribution is -1.61. The Kier molecular flexibility index (Phi) is 4.08. The van der Waals surface area contributed by atoms with Crippen LogP contribution in [0.1, 0.15) is 0 Å². The lowest BCUT2D eigenvalue weighted by atomic mass is 10.3. The fourth-order valence-corrected chi connectivity index (χ4v) is 2.20. The fourth-order valence-electron chi connectivity index (χ4n) is 1.22. The Labute approximate surface area is 107 Å². The molecular weight excluding hydrogens is 282 g/mol. The zero-order chi connectivity index (χ0) is 11.2. The molecule has 0 fully saturated rings. The molecule has 16 heavy (non-hydrogen) atoms. The van der Waals surface area contributed by atoms with E-state index >= 15 is 0 Å². The van der Waals surface area contributed by atoms with Gasteiger partial charge in [0.15, 0.2) is 0 Å². The maximum absolute atomic E-state index is 4.14.